The zero-order valence-corrected chi connectivity index (χ0v) is 6.34. The number of carbonyl (C=O) groups excluding carboxylic acids is 1. The smallest absolute Gasteiger partial charge is 0.218 e. The van der Waals surface area contributed by atoms with E-state index < -0.39 is 0 Å². The van der Waals surface area contributed by atoms with Crippen molar-refractivity contribution in [3.63, 3.8) is 0 Å². The monoisotopic (exact) mass is 142 g/mol. The number of carbonyl (C=O) groups is 1. The fraction of sp³-hybridized carbons (Fsp3) is 0.857. The van der Waals surface area contributed by atoms with Gasteiger partial charge in [-0.15, -0.1) is 0 Å². The fourth-order valence-corrected chi connectivity index (χ4v) is 1.47. The van der Waals surface area contributed by atoms with Crippen molar-refractivity contribution < 1.29 is 4.79 Å². The van der Waals surface area contributed by atoms with Crippen LogP contribution in [0.25, 0.3) is 0 Å². The van der Waals surface area contributed by atoms with E-state index in [1.54, 1.807) is 0 Å². The number of nitrogens with zero attached hydrogens (tertiary/aromatic N) is 1. The van der Waals surface area contributed by atoms with Gasteiger partial charge in [-0.25, -0.2) is 0 Å². The summed E-state index contributed by atoms with van der Waals surface area (Å²) in [5.41, 5.74) is 5.07. The maximum absolute atomic E-state index is 10.5. The van der Waals surface area contributed by atoms with Gasteiger partial charge in [-0.3, -0.25) is 4.79 Å². The highest BCUT2D eigenvalue weighted by Crippen LogP contribution is 2.16. The Morgan fingerprint density at radius 2 is 2.50 bits per heavy atom. The van der Waals surface area contributed by atoms with Crippen molar-refractivity contribution in [1.29, 1.82) is 0 Å². The van der Waals surface area contributed by atoms with Crippen molar-refractivity contribution in [3.8, 4) is 0 Å². The minimum atomic E-state index is -0.182. The number of hydrogen-bond donors (Lipinski definition) is 1. The summed E-state index contributed by atoms with van der Waals surface area (Å²) in [6.07, 6.45) is 2.85. The molecule has 1 heterocycles. The second kappa shape index (κ2) is 3.01. The Bertz CT molecular complexity index is 136. The summed E-state index contributed by atoms with van der Waals surface area (Å²) >= 11 is 0. The molecule has 1 aliphatic rings. The van der Waals surface area contributed by atoms with E-state index in [0.717, 1.165) is 13.0 Å². The maximum Gasteiger partial charge on any atom is 0.218 e. The molecule has 0 aromatic rings. The van der Waals surface area contributed by atoms with Crippen LogP contribution in [0.3, 0.4) is 0 Å². The summed E-state index contributed by atoms with van der Waals surface area (Å²) in [5, 5.41) is 0. The summed E-state index contributed by atoms with van der Waals surface area (Å²) in [6, 6.07) is 0.414. The number of amides is 1. The lowest BCUT2D eigenvalue weighted by Crippen LogP contribution is -2.29. The molecule has 2 N–H and O–H groups in total. The predicted molar refractivity (Wildman–Crippen MR) is 39.5 cm³/mol. The van der Waals surface area contributed by atoms with Gasteiger partial charge in [-0.2, -0.15) is 0 Å². The van der Waals surface area contributed by atoms with Crippen LogP contribution in [0, 0.1) is 0 Å². The van der Waals surface area contributed by atoms with Crippen molar-refractivity contribution in [2.24, 2.45) is 5.73 Å². The number of hydrogen-bond acceptors (Lipinski definition) is 2. The minimum Gasteiger partial charge on any atom is -0.370 e. The number of likely N-dealkylation sites (tertiary alicyclic amines) is 1. The van der Waals surface area contributed by atoms with Gasteiger partial charge in [0, 0.05) is 12.5 Å². The number of nitrogens with two attached hydrogens (primary N) is 1. The third-order valence-corrected chi connectivity index (χ3v) is 2.11. The van der Waals surface area contributed by atoms with E-state index >= 15 is 0 Å². The van der Waals surface area contributed by atoms with Crippen molar-refractivity contribution in [1.82, 2.24) is 4.90 Å². The van der Waals surface area contributed by atoms with Crippen LogP contribution >= 0.6 is 0 Å². The molecule has 0 radical (unpaired) electrons. The predicted octanol–water partition coefficient (Wildman–Crippen LogP) is -0.0440. The lowest BCUT2D eigenvalue weighted by molar-refractivity contribution is -0.118. The second-order valence-corrected chi connectivity index (χ2v) is 2.95. The van der Waals surface area contributed by atoms with Crippen molar-refractivity contribution in [2.45, 2.75) is 25.3 Å². The van der Waals surface area contributed by atoms with Gasteiger partial charge in [0.25, 0.3) is 0 Å². The Balaban J connectivity index is 2.33. The zero-order valence-electron chi connectivity index (χ0n) is 6.34. The van der Waals surface area contributed by atoms with Crippen LogP contribution in [0.1, 0.15) is 19.3 Å². The highest BCUT2D eigenvalue weighted by molar-refractivity contribution is 5.74. The van der Waals surface area contributed by atoms with Crippen LogP contribution in [-0.2, 0) is 4.79 Å². The van der Waals surface area contributed by atoms with Crippen LogP contribution in [0.2, 0.25) is 0 Å². The topological polar surface area (TPSA) is 46.3 Å². The van der Waals surface area contributed by atoms with Gasteiger partial charge >= 0.3 is 0 Å². The van der Waals surface area contributed by atoms with Gasteiger partial charge in [0.1, 0.15) is 0 Å². The molecule has 0 saturated carbocycles. The molecule has 3 heteroatoms. The van der Waals surface area contributed by atoms with Crippen LogP contribution in [0.15, 0.2) is 0 Å². The van der Waals surface area contributed by atoms with E-state index in [1.807, 2.05) is 7.05 Å². The van der Waals surface area contributed by atoms with Crippen molar-refractivity contribution in [2.75, 3.05) is 13.6 Å². The summed E-state index contributed by atoms with van der Waals surface area (Å²) in [7, 11) is 2.04. The SMILES string of the molecule is CN1CCCC1CC(N)=O. The first-order chi connectivity index (χ1) is 4.70. The molecule has 3 nitrogen and oxygen atoms in total. The Morgan fingerprint density at radius 3 is 2.90 bits per heavy atom. The molecule has 1 rings (SSSR count). The van der Waals surface area contributed by atoms with Gasteiger partial charge in [0.15, 0.2) is 0 Å². The Hall–Kier alpha value is -0.570. The summed E-state index contributed by atoms with van der Waals surface area (Å²) in [6.45, 7) is 1.11. The molecule has 0 aromatic heterocycles. The Morgan fingerprint density at radius 1 is 1.80 bits per heavy atom. The van der Waals surface area contributed by atoms with Crippen molar-refractivity contribution in [3.05, 3.63) is 0 Å². The maximum atomic E-state index is 10.5. The third-order valence-electron chi connectivity index (χ3n) is 2.11. The van der Waals surface area contributed by atoms with E-state index in [2.05, 4.69) is 4.90 Å². The zero-order chi connectivity index (χ0) is 7.56. The average molecular weight is 142 g/mol. The van der Waals surface area contributed by atoms with Crippen LogP contribution < -0.4 is 5.73 Å². The van der Waals surface area contributed by atoms with E-state index in [-0.39, 0.29) is 5.91 Å². The van der Waals surface area contributed by atoms with Crippen molar-refractivity contribution >= 4 is 5.91 Å². The highest BCUT2D eigenvalue weighted by atomic mass is 16.1. The molecule has 1 atom stereocenters. The Labute approximate surface area is 61.2 Å². The molecule has 58 valence electrons. The standard InChI is InChI=1S/C7H14N2O/c1-9-4-2-3-6(9)5-7(8)10/h6H,2-5H2,1H3,(H2,8,10). The molecule has 0 bridgehead atoms. The summed E-state index contributed by atoms with van der Waals surface area (Å²) < 4.78 is 0. The molecular weight excluding hydrogens is 128 g/mol. The van der Waals surface area contributed by atoms with Gasteiger partial charge in [0.05, 0.1) is 0 Å². The molecular formula is C7H14N2O. The lowest BCUT2D eigenvalue weighted by atomic mass is 10.1. The first-order valence-electron chi connectivity index (χ1n) is 3.68. The fourth-order valence-electron chi connectivity index (χ4n) is 1.47. The highest BCUT2D eigenvalue weighted by Gasteiger charge is 2.21. The van der Waals surface area contributed by atoms with E-state index in [9.17, 15) is 4.79 Å². The Kier molecular flexibility index (Phi) is 2.27. The van der Waals surface area contributed by atoms with Crippen LogP contribution in [0.4, 0.5) is 0 Å². The first-order valence-corrected chi connectivity index (χ1v) is 3.68. The van der Waals surface area contributed by atoms with Gasteiger partial charge < -0.3 is 10.6 Å². The summed E-state index contributed by atoms with van der Waals surface area (Å²) in [4.78, 5) is 12.7. The molecule has 1 fully saturated rings. The molecule has 10 heavy (non-hydrogen) atoms. The first kappa shape index (κ1) is 7.54. The van der Waals surface area contributed by atoms with Crippen LogP contribution in [-0.4, -0.2) is 30.4 Å². The van der Waals surface area contributed by atoms with E-state index in [0.29, 0.717) is 12.5 Å². The molecule has 1 aliphatic heterocycles. The molecule has 0 spiro atoms. The largest absolute Gasteiger partial charge is 0.370 e. The van der Waals surface area contributed by atoms with E-state index in [4.69, 9.17) is 5.73 Å². The third kappa shape index (κ3) is 1.70. The molecule has 0 aliphatic carbocycles. The van der Waals surface area contributed by atoms with Gasteiger partial charge in [0.2, 0.25) is 5.91 Å². The molecule has 0 aromatic carbocycles. The normalized spacial score (nSPS) is 27.1. The van der Waals surface area contributed by atoms with E-state index in [1.165, 1.54) is 6.42 Å². The molecule has 1 amide bonds. The second-order valence-electron chi connectivity index (χ2n) is 2.95. The average Bonchev–Trinajstić information content (AvgIpc) is 2.15. The minimum absolute atomic E-state index is 0.182. The van der Waals surface area contributed by atoms with Gasteiger partial charge in [-0.1, -0.05) is 0 Å². The summed E-state index contributed by atoms with van der Waals surface area (Å²) in [5.74, 6) is -0.182. The lowest BCUT2D eigenvalue weighted by Gasteiger charge is -2.16. The number of primary amides is 1. The van der Waals surface area contributed by atoms with Gasteiger partial charge in [-0.05, 0) is 26.4 Å². The molecule has 1 saturated heterocycles. The quantitative estimate of drug-likeness (QED) is 0.588. The molecule has 1 unspecified atom stereocenters. The van der Waals surface area contributed by atoms with Crippen LogP contribution in [0.5, 0.6) is 0 Å². The number of rotatable bonds is 2.